The van der Waals surface area contributed by atoms with Gasteiger partial charge in [0.05, 0.1) is 11.0 Å². The summed E-state index contributed by atoms with van der Waals surface area (Å²) in [5.41, 5.74) is -3.10. The fourth-order valence-electron chi connectivity index (χ4n) is 1.82. The van der Waals surface area contributed by atoms with Gasteiger partial charge in [0.1, 0.15) is 12.4 Å². The molecule has 1 N–H and O–H groups in total. The van der Waals surface area contributed by atoms with Crippen LogP contribution in [0.1, 0.15) is 12.7 Å². The highest BCUT2D eigenvalue weighted by atomic mass is 32.2. The maximum absolute atomic E-state index is 12.3. The number of aryl methyl sites for hydroxylation is 1. The number of rotatable bonds is 3. The number of aliphatic hydroxyl groups is 1. The number of thioether (sulfide) groups is 1. The molecule has 0 bridgehead atoms. The molecule has 1 heterocycles. The van der Waals surface area contributed by atoms with Gasteiger partial charge < -0.3 is 9.67 Å². The van der Waals surface area contributed by atoms with Gasteiger partial charge in [-0.2, -0.15) is 13.2 Å². The molecule has 2 rings (SSSR count). The van der Waals surface area contributed by atoms with E-state index < -0.39 is 5.51 Å². The SMILES string of the molecule is CCn1c(CO)nc2ccc(SC(F)(F)F)cc21. The van der Waals surface area contributed by atoms with Crippen molar-refractivity contribution in [3.63, 3.8) is 0 Å². The molecule has 0 amide bonds. The Morgan fingerprint density at radius 3 is 2.67 bits per heavy atom. The van der Waals surface area contributed by atoms with Crippen molar-refractivity contribution in [1.29, 1.82) is 0 Å². The van der Waals surface area contributed by atoms with Gasteiger partial charge in [-0.1, -0.05) is 0 Å². The number of nitrogens with zero attached hydrogens (tertiary/aromatic N) is 2. The highest BCUT2D eigenvalue weighted by Crippen LogP contribution is 2.37. The average molecular weight is 276 g/mol. The van der Waals surface area contributed by atoms with Crippen LogP contribution < -0.4 is 0 Å². The predicted octanol–water partition coefficient (Wildman–Crippen LogP) is 3.16. The van der Waals surface area contributed by atoms with E-state index in [-0.39, 0.29) is 23.3 Å². The van der Waals surface area contributed by atoms with E-state index in [0.717, 1.165) is 0 Å². The molecule has 0 aliphatic carbocycles. The summed E-state index contributed by atoms with van der Waals surface area (Å²) in [7, 11) is 0. The Hall–Kier alpha value is -1.21. The van der Waals surface area contributed by atoms with Crippen LogP contribution in [0.15, 0.2) is 23.1 Å². The molecule has 0 atom stereocenters. The van der Waals surface area contributed by atoms with Crippen LogP contribution in [0.2, 0.25) is 0 Å². The van der Waals surface area contributed by atoms with Crippen LogP contribution in [-0.4, -0.2) is 20.2 Å². The van der Waals surface area contributed by atoms with Crippen molar-refractivity contribution in [3.05, 3.63) is 24.0 Å². The minimum absolute atomic E-state index is 0.120. The summed E-state index contributed by atoms with van der Waals surface area (Å²) < 4.78 is 38.6. The van der Waals surface area contributed by atoms with Crippen molar-refractivity contribution in [1.82, 2.24) is 9.55 Å². The molecule has 0 unspecified atom stereocenters. The predicted molar refractivity (Wildman–Crippen MR) is 63.2 cm³/mol. The number of fused-ring (bicyclic) bond motifs is 1. The molecule has 0 aliphatic heterocycles. The zero-order valence-electron chi connectivity index (χ0n) is 9.53. The molecule has 7 heteroatoms. The Labute approximate surface area is 106 Å². The molecule has 1 aromatic heterocycles. The monoisotopic (exact) mass is 276 g/mol. The number of halogens is 3. The molecule has 2 aromatic rings. The highest BCUT2D eigenvalue weighted by molar-refractivity contribution is 8.00. The van der Waals surface area contributed by atoms with Gasteiger partial charge in [0, 0.05) is 11.4 Å². The number of hydrogen-bond donors (Lipinski definition) is 1. The Morgan fingerprint density at radius 2 is 2.11 bits per heavy atom. The van der Waals surface area contributed by atoms with E-state index in [4.69, 9.17) is 5.11 Å². The van der Waals surface area contributed by atoms with E-state index in [1.807, 2.05) is 6.92 Å². The topological polar surface area (TPSA) is 38.0 Å². The van der Waals surface area contributed by atoms with Gasteiger partial charge in [-0.3, -0.25) is 0 Å². The van der Waals surface area contributed by atoms with Crippen molar-refractivity contribution < 1.29 is 18.3 Å². The van der Waals surface area contributed by atoms with Crippen molar-refractivity contribution in [2.45, 2.75) is 30.5 Å². The zero-order valence-corrected chi connectivity index (χ0v) is 10.3. The summed E-state index contributed by atoms with van der Waals surface area (Å²) in [6, 6.07) is 4.37. The van der Waals surface area contributed by atoms with Crippen molar-refractivity contribution in [3.8, 4) is 0 Å². The standard InChI is InChI=1S/C11H11F3N2OS/c1-2-16-9-5-7(18-11(12,13)14)3-4-8(9)15-10(16)6-17/h3-5,17H,2,6H2,1H3. The summed E-state index contributed by atoms with van der Waals surface area (Å²) in [4.78, 5) is 4.28. The first kappa shape index (κ1) is 13.2. The smallest absolute Gasteiger partial charge is 0.388 e. The maximum atomic E-state index is 12.3. The molecule has 18 heavy (non-hydrogen) atoms. The first-order valence-electron chi connectivity index (χ1n) is 5.30. The first-order valence-corrected chi connectivity index (χ1v) is 6.12. The number of aliphatic hydroxyl groups excluding tert-OH is 1. The number of benzene rings is 1. The number of hydrogen-bond acceptors (Lipinski definition) is 3. The van der Waals surface area contributed by atoms with Crippen molar-refractivity contribution in [2.24, 2.45) is 0 Å². The van der Waals surface area contributed by atoms with E-state index >= 15 is 0 Å². The van der Waals surface area contributed by atoms with Crippen molar-refractivity contribution in [2.75, 3.05) is 0 Å². The molecule has 0 spiro atoms. The molecule has 0 radical (unpaired) electrons. The summed E-state index contributed by atoms with van der Waals surface area (Å²) in [6.07, 6.45) is 0. The Balaban J connectivity index is 2.49. The fraction of sp³-hybridized carbons (Fsp3) is 0.364. The van der Waals surface area contributed by atoms with E-state index in [2.05, 4.69) is 4.98 Å². The molecular formula is C11H11F3N2OS. The molecule has 98 valence electrons. The lowest BCUT2D eigenvalue weighted by molar-refractivity contribution is -0.0328. The van der Waals surface area contributed by atoms with E-state index in [1.165, 1.54) is 18.2 Å². The molecule has 0 aliphatic rings. The molecule has 0 fully saturated rings. The van der Waals surface area contributed by atoms with Crippen LogP contribution in [0.5, 0.6) is 0 Å². The van der Waals surface area contributed by atoms with Crippen LogP contribution >= 0.6 is 11.8 Å². The lowest BCUT2D eigenvalue weighted by Crippen LogP contribution is -2.01. The maximum Gasteiger partial charge on any atom is 0.446 e. The fourth-order valence-corrected chi connectivity index (χ4v) is 2.40. The minimum atomic E-state index is -4.30. The summed E-state index contributed by atoms with van der Waals surface area (Å²) in [6.45, 7) is 2.17. The lowest BCUT2D eigenvalue weighted by Gasteiger charge is -2.07. The quantitative estimate of drug-likeness (QED) is 0.875. The molecular weight excluding hydrogens is 265 g/mol. The van der Waals surface area contributed by atoms with E-state index in [9.17, 15) is 13.2 Å². The third-order valence-electron chi connectivity index (χ3n) is 2.49. The first-order chi connectivity index (χ1) is 8.44. The molecule has 0 saturated carbocycles. The Kier molecular flexibility index (Phi) is 3.54. The molecule has 0 saturated heterocycles. The number of aromatic nitrogens is 2. The van der Waals surface area contributed by atoms with Crippen molar-refractivity contribution >= 4 is 22.8 Å². The minimum Gasteiger partial charge on any atom is -0.388 e. The second-order valence-corrected chi connectivity index (χ2v) is 4.77. The van der Waals surface area contributed by atoms with Gasteiger partial charge in [0.15, 0.2) is 0 Å². The highest BCUT2D eigenvalue weighted by Gasteiger charge is 2.29. The second-order valence-electron chi connectivity index (χ2n) is 3.63. The van der Waals surface area contributed by atoms with Crippen LogP contribution in [-0.2, 0) is 13.2 Å². The van der Waals surface area contributed by atoms with E-state index in [1.54, 1.807) is 4.57 Å². The van der Waals surface area contributed by atoms with Crippen LogP contribution in [0, 0.1) is 0 Å². The van der Waals surface area contributed by atoms with Crippen LogP contribution in [0.4, 0.5) is 13.2 Å². The van der Waals surface area contributed by atoms with E-state index in [0.29, 0.717) is 23.4 Å². The summed E-state index contributed by atoms with van der Waals surface area (Å²) >= 11 is -0.152. The van der Waals surface area contributed by atoms with Crippen LogP contribution in [0.25, 0.3) is 11.0 Å². The van der Waals surface area contributed by atoms with Gasteiger partial charge in [-0.05, 0) is 36.9 Å². The van der Waals surface area contributed by atoms with Crippen LogP contribution in [0.3, 0.4) is 0 Å². The second kappa shape index (κ2) is 4.81. The normalized spacial score (nSPS) is 12.3. The number of imidazole rings is 1. The third-order valence-corrected chi connectivity index (χ3v) is 3.21. The summed E-state index contributed by atoms with van der Waals surface area (Å²) in [5.74, 6) is 0.460. The lowest BCUT2D eigenvalue weighted by atomic mass is 10.3. The average Bonchev–Trinajstić information content (AvgIpc) is 2.63. The van der Waals surface area contributed by atoms with Gasteiger partial charge >= 0.3 is 5.51 Å². The Morgan fingerprint density at radius 1 is 1.39 bits per heavy atom. The van der Waals surface area contributed by atoms with Gasteiger partial charge in [0.25, 0.3) is 0 Å². The molecule has 1 aromatic carbocycles. The summed E-state index contributed by atoms with van der Waals surface area (Å²) in [5, 5.41) is 9.14. The van der Waals surface area contributed by atoms with Gasteiger partial charge in [0.2, 0.25) is 0 Å². The largest absolute Gasteiger partial charge is 0.446 e. The zero-order chi connectivity index (χ0) is 13.3. The molecule has 3 nitrogen and oxygen atoms in total. The Bertz CT molecular complexity index is 565. The third kappa shape index (κ3) is 2.62. The number of alkyl halides is 3. The van der Waals surface area contributed by atoms with Gasteiger partial charge in [-0.25, -0.2) is 4.98 Å². The van der Waals surface area contributed by atoms with Gasteiger partial charge in [-0.15, -0.1) is 0 Å².